The molecule has 218 valence electrons. The lowest BCUT2D eigenvalue weighted by Crippen LogP contribution is -2.53. The molecule has 12 heteroatoms. The van der Waals surface area contributed by atoms with Crippen molar-refractivity contribution in [2.45, 2.75) is 39.3 Å². The molecule has 0 radical (unpaired) electrons. The maximum absolute atomic E-state index is 14.1. The van der Waals surface area contributed by atoms with Gasteiger partial charge in [-0.1, -0.05) is 71.4 Å². The summed E-state index contributed by atoms with van der Waals surface area (Å²) >= 11 is 3.40. The van der Waals surface area contributed by atoms with Crippen molar-refractivity contribution in [3.8, 4) is 0 Å². The number of sulfonamides is 1. The zero-order chi connectivity index (χ0) is 30.2. The first-order chi connectivity index (χ1) is 19.4. The van der Waals surface area contributed by atoms with Crippen molar-refractivity contribution in [2.24, 2.45) is 0 Å². The van der Waals surface area contributed by atoms with Crippen LogP contribution in [-0.4, -0.2) is 55.4 Å². The van der Waals surface area contributed by atoms with Crippen molar-refractivity contribution in [1.29, 1.82) is 0 Å². The van der Waals surface area contributed by atoms with Crippen molar-refractivity contribution in [1.82, 2.24) is 10.2 Å². The Bertz CT molecular complexity index is 1480. The minimum absolute atomic E-state index is 0.0219. The van der Waals surface area contributed by atoms with Crippen LogP contribution in [0.25, 0.3) is 0 Å². The lowest BCUT2D eigenvalue weighted by molar-refractivity contribution is -0.384. The molecule has 0 saturated carbocycles. The fourth-order valence-corrected chi connectivity index (χ4v) is 5.44. The molecule has 0 heterocycles. The van der Waals surface area contributed by atoms with E-state index in [1.165, 1.54) is 17.0 Å². The van der Waals surface area contributed by atoms with Crippen LogP contribution in [0.3, 0.4) is 0 Å². The van der Waals surface area contributed by atoms with Gasteiger partial charge in [0, 0.05) is 36.1 Å². The van der Waals surface area contributed by atoms with Crippen LogP contribution in [0, 0.1) is 17.0 Å². The van der Waals surface area contributed by atoms with Gasteiger partial charge in [0.15, 0.2) is 0 Å². The van der Waals surface area contributed by atoms with Crippen LogP contribution in [0.5, 0.6) is 0 Å². The molecule has 3 rings (SSSR count). The second kappa shape index (κ2) is 14.2. The molecule has 2 amide bonds. The number of carbonyl (C=O) groups excluding carboxylic acids is 2. The van der Waals surface area contributed by atoms with E-state index in [1.807, 2.05) is 61.5 Å². The summed E-state index contributed by atoms with van der Waals surface area (Å²) in [6.45, 7) is 3.32. The molecule has 10 nitrogen and oxygen atoms in total. The van der Waals surface area contributed by atoms with Gasteiger partial charge in [0.05, 0.1) is 16.9 Å². The average Bonchev–Trinajstić information content (AvgIpc) is 2.93. The first-order valence-corrected chi connectivity index (χ1v) is 15.6. The summed E-state index contributed by atoms with van der Waals surface area (Å²) in [5.41, 5.74) is 1.72. The Labute approximate surface area is 248 Å². The Kier molecular flexibility index (Phi) is 11.0. The summed E-state index contributed by atoms with van der Waals surface area (Å²) < 4.78 is 27.6. The van der Waals surface area contributed by atoms with E-state index in [-0.39, 0.29) is 30.2 Å². The molecular formula is C29H33BrN4O6S. The Morgan fingerprint density at radius 3 is 2.27 bits per heavy atom. The SMILES string of the molecule is CCCNC(=O)C(Cc1ccccc1)N(Cc1ccc(Br)cc1)C(=O)CN(c1cc([N+](=O)[O-])ccc1C)S(C)(=O)=O. The normalized spacial score (nSPS) is 11.9. The minimum Gasteiger partial charge on any atom is -0.354 e. The van der Waals surface area contributed by atoms with Gasteiger partial charge in [-0.15, -0.1) is 0 Å². The van der Waals surface area contributed by atoms with Crippen molar-refractivity contribution in [3.63, 3.8) is 0 Å². The largest absolute Gasteiger partial charge is 0.354 e. The van der Waals surface area contributed by atoms with Crippen LogP contribution >= 0.6 is 15.9 Å². The van der Waals surface area contributed by atoms with E-state index < -0.39 is 33.4 Å². The Balaban J connectivity index is 2.09. The highest BCUT2D eigenvalue weighted by Gasteiger charge is 2.33. The lowest BCUT2D eigenvalue weighted by atomic mass is 10.0. The smallest absolute Gasteiger partial charge is 0.271 e. The van der Waals surface area contributed by atoms with Crippen molar-refractivity contribution >= 4 is 49.1 Å². The Hall–Kier alpha value is -3.77. The molecule has 1 atom stereocenters. The highest BCUT2D eigenvalue weighted by molar-refractivity contribution is 9.10. The third-order valence-electron chi connectivity index (χ3n) is 6.44. The maximum atomic E-state index is 14.1. The lowest BCUT2D eigenvalue weighted by Gasteiger charge is -2.33. The van der Waals surface area contributed by atoms with Gasteiger partial charge < -0.3 is 10.2 Å². The summed E-state index contributed by atoms with van der Waals surface area (Å²) in [5, 5.41) is 14.3. The number of nitrogens with one attached hydrogen (secondary N) is 1. The van der Waals surface area contributed by atoms with E-state index in [0.717, 1.165) is 32.2 Å². The number of hydrogen-bond acceptors (Lipinski definition) is 6. The molecule has 0 spiro atoms. The number of anilines is 1. The van der Waals surface area contributed by atoms with Crippen LogP contribution in [0.1, 0.15) is 30.0 Å². The number of amides is 2. The molecule has 1 unspecified atom stereocenters. The van der Waals surface area contributed by atoms with Crippen LogP contribution in [0.15, 0.2) is 77.3 Å². The van der Waals surface area contributed by atoms with E-state index >= 15 is 0 Å². The molecule has 0 aromatic heterocycles. The molecular weight excluding hydrogens is 612 g/mol. The molecule has 3 aromatic carbocycles. The first kappa shape index (κ1) is 31.8. The predicted molar refractivity (Wildman–Crippen MR) is 162 cm³/mol. The van der Waals surface area contributed by atoms with Crippen LogP contribution in [0.4, 0.5) is 11.4 Å². The van der Waals surface area contributed by atoms with Crippen LogP contribution < -0.4 is 9.62 Å². The number of benzene rings is 3. The molecule has 0 aliphatic carbocycles. The highest BCUT2D eigenvalue weighted by atomic mass is 79.9. The quantitative estimate of drug-likeness (QED) is 0.214. The Morgan fingerprint density at radius 1 is 1.02 bits per heavy atom. The zero-order valence-corrected chi connectivity index (χ0v) is 25.5. The predicted octanol–water partition coefficient (Wildman–Crippen LogP) is 4.60. The van der Waals surface area contributed by atoms with Gasteiger partial charge in [-0.25, -0.2) is 8.42 Å². The highest BCUT2D eigenvalue weighted by Crippen LogP contribution is 2.28. The van der Waals surface area contributed by atoms with E-state index in [1.54, 1.807) is 6.92 Å². The monoisotopic (exact) mass is 644 g/mol. The zero-order valence-electron chi connectivity index (χ0n) is 23.1. The topological polar surface area (TPSA) is 130 Å². The average molecular weight is 646 g/mol. The molecule has 0 aliphatic rings. The van der Waals surface area contributed by atoms with Gasteiger partial charge in [-0.2, -0.15) is 0 Å². The number of nitrogens with zero attached hydrogens (tertiary/aromatic N) is 3. The van der Waals surface area contributed by atoms with Gasteiger partial charge >= 0.3 is 0 Å². The summed E-state index contributed by atoms with van der Waals surface area (Å²) in [4.78, 5) is 39.8. The molecule has 3 aromatic rings. The van der Waals surface area contributed by atoms with Crippen LogP contribution in [0.2, 0.25) is 0 Å². The second-order valence-electron chi connectivity index (χ2n) is 9.64. The maximum Gasteiger partial charge on any atom is 0.271 e. The number of hydrogen-bond donors (Lipinski definition) is 1. The van der Waals surface area contributed by atoms with Crippen LogP contribution in [-0.2, 0) is 32.6 Å². The van der Waals surface area contributed by atoms with Gasteiger partial charge in [-0.05, 0) is 42.2 Å². The third-order valence-corrected chi connectivity index (χ3v) is 8.09. The number of halogens is 1. The van der Waals surface area contributed by atoms with E-state index in [0.29, 0.717) is 18.5 Å². The Morgan fingerprint density at radius 2 is 1.68 bits per heavy atom. The standard InChI is InChI=1S/C29H33BrN4O6S/c1-4-16-31-29(36)27(17-22-8-6-5-7-9-22)32(19-23-11-13-24(30)14-12-23)28(35)20-33(41(3,39)40)26-18-25(34(37)38)15-10-21(26)2/h5-15,18,27H,4,16-17,19-20H2,1-3H3,(H,31,36). The molecule has 0 fully saturated rings. The van der Waals surface area contributed by atoms with E-state index in [2.05, 4.69) is 21.2 Å². The molecule has 1 N–H and O–H groups in total. The van der Waals surface area contributed by atoms with Gasteiger partial charge in [-0.3, -0.25) is 24.0 Å². The summed E-state index contributed by atoms with van der Waals surface area (Å²) in [6.07, 6.45) is 1.83. The van der Waals surface area contributed by atoms with E-state index in [9.17, 15) is 28.1 Å². The number of rotatable bonds is 13. The molecule has 0 saturated heterocycles. The fourth-order valence-electron chi connectivity index (χ4n) is 4.28. The fraction of sp³-hybridized carbons (Fsp3) is 0.310. The minimum atomic E-state index is -4.05. The second-order valence-corrected chi connectivity index (χ2v) is 12.5. The summed E-state index contributed by atoms with van der Waals surface area (Å²) in [5.74, 6) is -0.990. The number of nitro groups is 1. The van der Waals surface area contributed by atoms with Gasteiger partial charge in [0.1, 0.15) is 12.6 Å². The van der Waals surface area contributed by atoms with E-state index in [4.69, 9.17) is 0 Å². The molecule has 0 bridgehead atoms. The van der Waals surface area contributed by atoms with Gasteiger partial charge in [0.25, 0.3) is 5.69 Å². The summed E-state index contributed by atoms with van der Waals surface area (Å²) in [6, 6.07) is 19.4. The molecule has 41 heavy (non-hydrogen) atoms. The molecule has 0 aliphatic heterocycles. The first-order valence-electron chi connectivity index (χ1n) is 13.0. The number of aryl methyl sites for hydroxylation is 1. The van der Waals surface area contributed by atoms with Crippen molar-refractivity contribution in [3.05, 3.63) is 104 Å². The number of carbonyl (C=O) groups is 2. The van der Waals surface area contributed by atoms with Crippen molar-refractivity contribution in [2.75, 3.05) is 23.7 Å². The van der Waals surface area contributed by atoms with Gasteiger partial charge in [0.2, 0.25) is 21.8 Å². The third kappa shape index (κ3) is 8.86. The summed E-state index contributed by atoms with van der Waals surface area (Å²) in [7, 11) is -4.05. The number of non-ortho nitro benzene ring substituents is 1. The van der Waals surface area contributed by atoms with Crippen molar-refractivity contribution < 1.29 is 22.9 Å². The number of nitro benzene ring substituents is 1.